The molecule has 10 rings (SSSR count). The third kappa shape index (κ3) is 4.34. The molecule has 0 bridgehead atoms. The quantitative estimate of drug-likeness (QED) is 0.194. The molecule has 7 aromatic carbocycles. The summed E-state index contributed by atoms with van der Waals surface area (Å²) >= 11 is 1.76. The summed E-state index contributed by atoms with van der Waals surface area (Å²) in [7, 11) is 0. The molecule has 0 saturated carbocycles. The summed E-state index contributed by atoms with van der Waals surface area (Å²) in [6.07, 6.45) is 0. The van der Waals surface area contributed by atoms with Crippen LogP contribution in [0.25, 0.3) is 97.9 Å². The molecule has 224 valence electrons. The summed E-state index contributed by atoms with van der Waals surface area (Å²) in [5.41, 5.74) is 10.4. The van der Waals surface area contributed by atoms with Crippen LogP contribution in [-0.2, 0) is 0 Å². The van der Waals surface area contributed by atoms with Crippen molar-refractivity contribution in [3.05, 3.63) is 158 Å². The first-order valence-corrected chi connectivity index (χ1v) is 16.9. The zero-order valence-electron chi connectivity index (χ0n) is 25.7. The molecule has 0 aliphatic rings. The summed E-state index contributed by atoms with van der Waals surface area (Å²) in [4.78, 5) is 10.7. The number of thiophene rings is 1. The van der Waals surface area contributed by atoms with Gasteiger partial charge >= 0.3 is 0 Å². The van der Waals surface area contributed by atoms with Gasteiger partial charge in [-0.1, -0.05) is 133 Å². The van der Waals surface area contributed by atoms with Crippen molar-refractivity contribution in [3.8, 4) is 44.9 Å². The van der Waals surface area contributed by atoms with Gasteiger partial charge in [-0.25, -0.2) is 9.97 Å². The Morgan fingerprint density at radius 3 is 2.04 bits per heavy atom. The maximum absolute atomic E-state index is 6.26. The van der Waals surface area contributed by atoms with Crippen LogP contribution in [0.3, 0.4) is 0 Å². The Bertz CT molecular complexity index is 2830. The molecule has 0 amide bonds. The maximum atomic E-state index is 6.26. The minimum absolute atomic E-state index is 0.695. The highest BCUT2D eigenvalue weighted by molar-refractivity contribution is 7.26. The number of nitrogens with zero attached hydrogens (tertiary/aromatic N) is 2. The molecule has 0 radical (unpaired) electrons. The van der Waals surface area contributed by atoms with E-state index >= 15 is 0 Å². The number of furan rings is 1. The van der Waals surface area contributed by atoms with Crippen LogP contribution in [0, 0.1) is 0 Å². The van der Waals surface area contributed by atoms with E-state index in [-0.39, 0.29) is 0 Å². The van der Waals surface area contributed by atoms with Crippen molar-refractivity contribution in [1.29, 1.82) is 0 Å². The average molecular weight is 631 g/mol. The maximum Gasteiger partial charge on any atom is 0.161 e. The highest BCUT2D eigenvalue weighted by atomic mass is 32.1. The zero-order chi connectivity index (χ0) is 31.6. The van der Waals surface area contributed by atoms with Gasteiger partial charge in [0.1, 0.15) is 11.2 Å². The summed E-state index contributed by atoms with van der Waals surface area (Å²) in [5, 5.41) is 5.72. The van der Waals surface area contributed by atoms with E-state index in [2.05, 4.69) is 127 Å². The summed E-state index contributed by atoms with van der Waals surface area (Å²) in [6, 6.07) is 55.6. The Hall–Kier alpha value is -6.10. The lowest BCUT2D eigenvalue weighted by molar-refractivity contribution is 0.669. The van der Waals surface area contributed by atoms with Crippen molar-refractivity contribution in [2.45, 2.75) is 0 Å². The van der Waals surface area contributed by atoms with E-state index in [0.29, 0.717) is 5.82 Å². The monoisotopic (exact) mass is 630 g/mol. The van der Waals surface area contributed by atoms with Crippen molar-refractivity contribution in [1.82, 2.24) is 9.97 Å². The second-order valence-electron chi connectivity index (χ2n) is 12.2. The van der Waals surface area contributed by atoms with E-state index in [4.69, 9.17) is 14.4 Å². The summed E-state index contributed by atoms with van der Waals surface area (Å²) in [5.74, 6) is 0.695. The molecule has 0 aliphatic carbocycles. The molecule has 4 heteroatoms. The van der Waals surface area contributed by atoms with Crippen molar-refractivity contribution >= 4 is 64.4 Å². The predicted molar refractivity (Wildman–Crippen MR) is 201 cm³/mol. The van der Waals surface area contributed by atoms with Gasteiger partial charge in [0, 0.05) is 32.0 Å². The van der Waals surface area contributed by atoms with E-state index in [0.717, 1.165) is 54.4 Å². The summed E-state index contributed by atoms with van der Waals surface area (Å²) in [6.45, 7) is 0. The van der Waals surface area contributed by atoms with Crippen LogP contribution in [-0.4, -0.2) is 9.97 Å². The Kier molecular flexibility index (Phi) is 6.05. The molecule has 0 aliphatic heterocycles. The number of hydrogen-bond donors (Lipinski definition) is 0. The third-order valence-corrected chi connectivity index (χ3v) is 10.5. The first kappa shape index (κ1) is 27.1. The predicted octanol–water partition coefficient (Wildman–Crippen LogP) is 12.6. The molecule has 0 fully saturated rings. The van der Waals surface area contributed by atoms with Crippen molar-refractivity contribution in [2.24, 2.45) is 0 Å². The molecule has 0 N–H and O–H groups in total. The van der Waals surface area contributed by atoms with E-state index in [1.54, 1.807) is 11.3 Å². The number of rotatable bonds is 4. The van der Waals surface area contributed by atoms with Gasteiger partial charge < -0.3 is 4.42 Å². The highest BCUT2D eigenvalue weighted by Gasteiger charge is 2.20. The smallest absolute Gasteiger partial charge is 0.161 e. The molecule has 0 saturated heterocycles. The Labute approximate surface area is 280 Å². The van der Waals surface area contributed by atoms with Gasteiger partial charge in [0.25, 0.3) is 0 Å². The molecule has 10 aromatic rings. The Morgan fingerprint density at radius 2 is 1.15 bits per heavy atom. The molecule has 48 heavy (non-hydrogen) atoms. The van der Waals surface area contributed by atoms with Gasteiger partial charge in [-0.3, -0.25) is 0 Å². The van der Waals surface area contributed by atoms with Crippen LogP contribution in [0.5, 0.6) is 0 Å². The van der Waals surface area contributed by atoms with Gasteiger partial charge in [0.15, 0.2) is 5.82 Å². The zero-order valence-corrected chi connectivity index (χ0v) is 26.5. The topological polar surface area (TPSA) is 38.9 Å². The SMILES string of the molecule is c1ccc(-c2ccc(-c3nc(-c4cccc5oc6ccccc6c45)nc4c3sc3cc(-c5ccc6ccccc6c5)ccc34)cc2)cc1. The van der Waals surface area contributed by atoms with E-state index < -0.39 is 0 Å². The average Bonchev–Trinajstić information content (AvgIpc) is 3.73. The molecular weight excluding hydrogens is 605 g/mol. The normalized spacial score (nSPS) is 11.8. The fourth-order valence-corrected chi connectivity index (χ4v) is 8.11. The fraction of sp³-hybridized carbons (Fsp3) is 0. The van der Waals surface area contributed by atoms with Crippen molar-refractivity contribution < 1.29 is 4.42 Å². The first-order valence-electron chi connectivity index (χ1n) is 16.1. The van der Waals surface area contributed by atoms with Crippen LogP contribution < -0.4 is 0 Å². The second kappa shape index (κ2) is 10.7. The number of benzene rings is 7. The van der Waals surface area contributed by atoms with Crippen LogP contribution in [0.15, 0.2) is 162 Å². The van der Waals surface area contributed by atoms with E-state index in [1.165, 1.54) is 37.7 Å². The van der Waals surface area contributed by atoms with Crippen LogP contribution in [0.4, 0.5) is 0 Å². The second-order valence-corrected chi connectivity index (χ2v) is 13.2. The first-order chi connectivity index (χ1) is 23.8. The third-order valence-electron chi connectivity index (χ3n) is 9.31. The van der Waals surface area contributed by atoms with Crippen LogP contribution in [0.1, 0.15) is 0 Å². The molecule has 0 unspecified atom stereocenters. The van der Waals surface area contributed by atoms with Gasteiger partial charge in [0.2, 0.25) is 0 Å². The molecule has 3 aromatic heterocycles. The largest absolute Gasteiger partial charge is 0.456 e. The van der Waals surface area contributed by atoms with Gasteiger partial charge in [-0.15, -0.1) is 11.3 Å². The molecule has 3 heterocycles. The number of aromatic nitrogens is 2. The number of hydrogen-bond acceptors (Lipinski definition) is 4. The van der Waals surface area contributed by atoms with E-state index in [1.807, 2.05) is 30.3 Å². The Balaban J connectivity index is 1.20. The lowest BCUT2D eigenvalue weighted by Gasteiger charge is -2.09. The van der Waals surface area contributed by atoms with Crippen LogP contribution in [0.2, 0.25) is 0 Å². The van der Waals surface area contributed by atoms with E-state index in [9.17, 15) is 0 Å². The van der Waals surface area contributed by atoms with Gasteiger partial charge in [-0.05, 0) is 57.3 Å². The Morgan fingerprint density at radius 1 is 0.458 bits per heavy atom. The molecule has 0 atom stereocenters. The van der Waals surface area contributed by atoms with Gasteiger partial charge in [-0.2, -0.15) is 0 Å². The standard InChI is InChI=1S/C44H26N2OS/c1-2-9-27(10-3-1)29-17-20-30(21-18-29)41-43-42(46-44(45-41)36-14-8-16-38-40(36)34-13-6-7-15-37(34)47-38)35-24-23-33(26-39(35)48-43)32-22-19-28-11-4-5-12-31(28)25-32/h1-26H. The van der Waals surface area contributed by atoms with Crippen molar-refractivity contribution in [2.75, 3.05) is 0 Å². The van der Waals surface area contributed by atoms with Crippen molar-refractivity contribution in [3.63, 3.8) is 0 Å². The van der Waals surface area contributed by atoms with Gasteiger partial charge in [0.05, 0.1) is 15.9 Å². The minimum atomic E-state index is 0.695. The lowest BCUT2D eigenvalue weighted by Crippen LogP contribution is -1.94. The fourth-order valence-electron chi connectivity index (χ4n) is 6.92. The number of fused-ring (bicyclic) bond motifs is 7. The minimum Gasteiger partial charge on any atom is -0.456 e. The highest BCUT2D eigenvalue weighted by Crippen LogP contribution is 2.43. The summed E-state index contributed by atoms with van der Waals surface area (Å²) < 4.78 is 8.53. The molecule has 3 nitrogen and oxygen atoms in total. The number of para-hydroxylation sites is 1. The molecular formula is C44H26N2OS. The lowest BCUT2D eigenvalue weighted by atomic mass is 10.00. The van der Waals surface area contributed by atoms with Crippen LogP contribution >= 0.6 is 11.3 Å². The molecule has 0 spiro atoms.